The Morgan fingerprint density at radius 1 is 1.04 bits per heavy atom. The smallest absolute Gasteiger partial charge is 0.234 e. The number of amides is 2. The van der Waals surface area contributed by atoms with Gasteiger partial charge in [0.15, 0.2) is 0 Å². The molecule has 0 unspecified atom stereocenters. The van der Waals surface area contributed by atoms with Crippen molar-refractivity contribution >= 4 is 29.3 Å². The molecule has 24 heavy (non-hydrogen) atoms. The number of rotatable bonds is 7. The topological polar surface area (TPSA) is 58.2 Å². The maximum atomic E-state index is 12.8. The van der Waals surface area contributed by atoms with E-state index >= 15 is 0 Å². The molecule has 0 heterocycles. The van der Waals surface area contributed by atoms with Crippen molar-refractivity contribution in [3.63, 3.8) is 0 Å². The van der Waals surface area contributed by atoms with Gasteiger partial charge in [0.25, 0.3) is 0 Å². The van der Waals surface area contributed by atoms with Crippen molar-refractivity contribution in [2.24, 2.45) is 0 Å². The van der Waals surface area contributed by atoms with E-state index in [2.05, 4.69) is 10.6 Å². The number of hydrogen-bond donors (Lipinski definition) is 2. The number of hydrogen-bond acceptors (Lipinski definition) is 3. The van der Waals surface area contributed by atoms with Gasteiger partial charge in [-0.3, -0.25) is 9.59 Å². The summed E-state index contributed by atoms with van der Waals surface area (Å²) in [6.45, 7) is 2.30. The predicted octanol–water partition coefficient (Wildman–Crippen LogP) is 3.12. The van der Waals surface area contributed by atoms with Gasteiger partial charge < -0.3 is 10.6 Å². The van der Waals surface area contributed by atoms with Crippen LogP contribution in [0.25, 0.3) is 0 Å². The summed E-state index contributed by atoms with van der Waals surface area (Å²) in [6, 6.07) is 13.5. The van der Waals surface area contributed by atoms with Crippen molar-refractivity contribution in [1.29, 1.82) is 0 Å². The molecule has 0 bridgehead atoms. The average molecular weight is 346 g/mol. The monoisotopic (exact) mass is 346 g/mol. The minimum absolute atomic E-state index is 0.142. The normalized spacial score (nSPS) is 10.2. The van der Waals surface area contributed by atoms with E-state index < -0.39 is 0 Å². The number of carbonyl (C=O) groups is 2. The van der Waals surface area contributed by atoms with Crippen molar-refractivity contribution < 1.29 is 14.0 Å². The average Bonchev–Trinajstić information content (AvgIpc) is 2.54. The number of halogens is 1. The highest BCUT2D eigenvalue weighted by atomic mass is 32.2. The van der Waals surface area contributed by atoms with E-state index in [0.29, 0.717) is 6.54 Å². The van der Waals surface area contributed by atoms with Crippen LogP contribution < -0.4 is 10.6 Å². The van der Waals surface area contributed by atoms with Crippen molar-refractivity contribution in [3.8, 4) is 0 Å². The molecule has 0 spiro atoms. The Kier molecular flexibility index (Phi) is 6.81. The largest absolute Gasteiger partial charge is 0.351 e. The minimum atomic E-state index is -0.305. The van der Waals surface area contributed by atoms with Crippen molar-refractivity contribution in [2.75, 3.05) is 16.8 Å². The number of anilines is 1. The predicted molar refractivity (Wildman–Crippen MR) is 95.4 cm³/mol. The Bertz CT molecular complexity index is 704. The van der Waals surface area contributed by atoms with E-state index in [9.17, 15) is 14.0 Å². The van der Waals surface area contributed by atoms with Crippen LogP contribution in [0, 0.1) is 12.7 Å². The number of benzene rings is 2. The number of aryl methyl sites for hydroxylation is 1. The van der Waals surface area contributed by atoms with Crippen molar-refractivity contribution in [1.82, 2.24) is 5.32 Å². The van der Waals surface area contributed by atoms with Crippen molar-refractivity contribution in [2.45, 2.75) is 13.5 Å². The zero-order valence-corrected chi connectivity index (χ0v) is 14.2. The maximum absolute atomic E-state index is 12.8. The van der Waals surface area contributed by atoms with Gasteiger partial charge >= 0.3 is 0 Å². The zero-order valence-electron chi connectivity index (χ0n) is 13.3. The minimum Gasteiger partial charge on any atom is -0.351 e. The summed E-state index contributed by atoms with van der Waals surface area (Å²) < 4.78 is 12.8. The van der Waals surface area contributed by atoms with Crippen molar-refractivity contribution in [3.05, 3.63) is 65.5 Å². The molecule has 2 amide bonds. The lowest BCUT2D eigenvalue weighted by Crippen LogP contribution is -2.25. The molecular weight excluding hydrogens is 327 g/mol. The third-order valence-corrected chi connectivity index (χ3v) is 4.10. The molecule has 0 fully saturated rings. The molecule has 0 saturated heterocycles. The van der Waals surface area contributed by atoms with Crippen LogP contribution in [0.2, 0.25) is 0 Å². The first-order valence-corrected chi connectivity index (χ1v) is 8.64. The number of thioether (sulfide) groups is 1. The van der Waals surface area contributed by atoms with E-state index in [1.54, 1.807) is 12.1 Å². The molecule has 2 aromatic rings. The van der Waals surface area contributed by atoms with Gasteiger partial charge in [-0.15, -0.1) is 11.8 Å². The zero-order chi connectivity index (χ0) is 17.4. The molecule has 0 atom stereocenters. The summed E-state index contributed by atoms with van der Waals surface area (Å²) in [5.74, 6) is -0.203. The maximum Gasteiger partial charge on any atom is 0.234 e. The second-order valence-electron chi connectivity index (χ2n) is 5.31. The molecule has 126 valence electrons. The second-order valence-corrected chi connectivity index (χ2v) is 6.30. The lowest BCUT2D eigenvalue weighted by atomic mass is 10.2. The quantitative estimate of drug-likeness (QED) is 0.810. The molecule has 4 nitrogen and oxygen atoms in total. The molecule has 2 aromatic carbocycles. The second kappa shape index (κ2) is 9.08. The van der Waals surface area contributed by atoms with E-state index in [1.165, 1.54) is 23.9 Å². The molecule has 6 heteroatoms. The van der Waals surface area contributed by atoms with Crippen LogP contribution in [0.3, 0.4) is 0 Å². The molecule has 0 radical (unpaired) electrons. The fourth-order valence-electron chi connectivity index (χ4n) is 2.01. The van der Waals surface area contributed by atoms with E-state index in [1.807, 2.05) is 31.2 Å². The van der Waals surface area contributed by atoms with Gasteiger partial charge in [-0.25, -0.2) is 4.39 Å². The SMILES string of the molecule is Cc1cccc(NC(=O)CSCC(=O)NCc2ccc(F)cc2)c1. The fourth-order valence-corrected chi connectivity index (χ4v) is 2.66. The Balaban J connectivity index is 1.65. The van der Waals surface area contributed by atoms with Gasteiger partial charge in [0.2, 0.25) is 11.8 Å². The highest BCUT2D eigenvalue weighted by Gasteiger charge is 2.06. The molecule has 0 aromatic heterocycles. The molecule has 0 aliphatic rings. The van der Waals surface area contributed by atoms with Crippen LogP contribution in [0.15, 0.2) is 48.5 Å². The lowest BCUT2D eigenvalue weighted by molar-refractivity contribution is -0.118. The van der Waals surface area contributed by atoms with Gasteiger partial charge in [-0.05, 0) is 42.3 Å². The van der Waals surface area contributed by atoms with Gasteiger partial charge in [0.1, 0.15) is 5.82 Å². The molecule has 2 N–H and O–H groups in total. The van der Waals surface area contributed by atoms with Gasteiger partial charge in [-0.2, -0.15) is 0 Å². The van der Waals surface area contributed by atoms with Gasteiger partial charge in [0.05, 0.1) is 11.5 Å². The highest BCUT2D eigenvalue weighted by molar-refractivity contribution is 8.00. The number of nitrogens with one attached hydrogen (secondary N) is 2. The fraction of sp³-hybridized carbons (Fsp3) is 0.222. The van der Waals surface area contributed by atoms with Gasteiger partial charge in [0, 0.05) is 12.2 Å². The molecular formula is C18H19FN2O2S. The first-order valence-electron chi connectivity index (χ1n) is 7.48. The third kappa shape index (κ3) is 6.42. The van der Waals surface area contributed by atoms with Crippen LogP contribution in [-0.2, 0) is 16.1 Å². The molecule has 0 saturated carbocycles. The Morgan fingerprint density at radius 3 is 2.46 bits per heavy atom. The van der Waals surface area contributed by atoms with E-state index in [0.717, 1.165) is 16.8 Å². The summed E-state index contributed by atoms with van der Waals surface area (Å²) in [6.07, 6.45) is 0. The first-order chi connectivity index (χ1) is 11.5. The van der Waals surface area contributed by atoms with Gasteiger partial charge in [-0.1, -0.05) is 24.3 Å². The summed E-state index contributed by atoms with van der Waals surface area (Å²) in [5, 5.41) is 5.53. The first kappa shape index (κ1) is 18.0. The third-order valence-electron chi connectivity index (χ3n) is 3.17. The standard InChI is InChI=1S/C18H19FN2O2S/c1-13-3-2-4-16(9-13)21-18(23)12-24-11-17(22)20-10-14-5-7-15(19)8-6-14/h2-9H,10-12H2,1H3,(H,20,22)(H,21,23). The van der Waals surface area contributed by atoms with Crippen LogP contribution >= 0.6 is 11.8 Å². The summed E-state index contributed by atoms with van der Waals surface area (Å²) in [4.78, 5) is 23.5. The Labute approximate surface area is 144 Å². The molecule has 0 aliphatic carbocycles. The highest BCUT2D eigenvalue weighted by Crippen LogP contribution is 2.10. The summed E-state index contributed by atoms with van der Waals surface area (Å²) in [5.41, 5.74) is 2.65. The van der Waals surface area contributed by atoms with E-state index in [-0.39, 0.29) is 29.1 Å². The van der Waals surface area contributed by atoms with Crippen LogP contribution in [0.1, 0.15) is 11.1 Å². The molecule has 0 aliphatic heterocycles. The summed E-state index contributed by atoms with van der Waals surface area (Å²) >= 11 is 1.25. The molecule has 2 rings (SSSR count). The lowest BCUT2D eigenvalue weighted by Gasteiger charge is -2.07. The van der Waals surface area contributed by atoms with E-state index in [4.69, 9.17) is 0 Å². The Morgan fingerprint density at radius 2 is 1.75 bits per heavy atom. The van der Waals surface area contributed by atoms with Crippen LogP contribution in [-0.4, -0.2) is 23.3 Å². The summed E-state index contributed by atoms with van der Waals surface area (Å²) in [7, 11) is 0. The van der Waals surface area contributed by atoms with Crippen LogP contribution in [0.4, 0.5) is 10.1 Å². The van der Waals surface area contributed by atoms with Crippen LogP contribution in [0.5, 0.6) is 0 Å². The number of carbonyl (C=O) groups excluding carboxylic acids is 2. The Hall–Kier alpha value is -2.34.